The van der Waals surface area contributed by atoms with Gasteiger partial charge in [-0.1, -0.05) is 6.92 Å². The van der Waals surface area contributed by atoms with Crippen molar-refractivity contribution in [2.24, 2.45) is 5.73 Å². The van der Waals surface area contributed by atoms with Gasteiger partial charge in [-0.25, -0.2) is 0 Å². The molecule has 0 aliphatic carbocycles. The van der Waals surface area contributed by atoms with E-state index in [0.29, 0.717) is 6.10 Å². The first kappa shape index (κ1) is 15.3. The minimum atomic E-state index is 0.195. The fourth-order valence-corrected chi connectivity index (χ4v) is 2.40. The third-order valence-electron chi connectivity index (χ3n) is 3.76. The molecule has 0 saturated carbocycles. The first-order valence-electron chi connectivity index (χ1n) is 7.73. The van der Waals surface area contributed by atoms with E-state index in [0.717, 1.165) is 50.3 Å². The zero-order chi connectivity index (χ0) is 14.2. The fourth-order valence-electron chi connectivity index (χ4n) is 2.40. The zero-order valence-corrected chi connectivity index (χ0v) is 12.4. The van der Waals surface area contributed by atoms with E-state index in [4.69, 9.17) is 15.2 Å². The molecule has 4 nitrogen and oxygen atoms in total. The number of nitrogens with zero attached hydrogens (tertiary/aromatic N) is 1. The fraction of sp³-hybridized carbons (Fsp3) is 0.688. The lowest BCUT2D eigenvalue weighted by Gasteiger charge is -2.11. The summed E-state index contributed by atoms with van der Waals surface area (Å²) < 4.78 is 11.3. The monoisotopic (exact) mass is 278 g/mol. The molecular weight excluding hydrogens is 252 g/mol. The van der Waals surface area contributed by atoms with Crippen LogP contribution in [0.4, 0.5) is 0 Å². The van der Waals surface area contributed by atoms with Gasteiger partial charge in [-0.15, -0.1) is 0 Å². The van der Waals surface area contributed by atoms with Crippen molar-refractivity contribution in [1.82, 2.24) is 4.98 Å². The van der Waals surface area contributed by atoms with Crippen molar-refractivity contribution in [2.45, 2.75) is 57.6 Å². The van der Waals surface area contributed by atoms with Crippen LogP contribution in [0.25, 0.3) is 0 Å². The second kappa shape index (κ2) is 8.22. The Kier molecular flexibility index (Phi) is 6.27. The van der Waals surface area contributed by atoms with Gasteiger partial charge in [0.2, 0.25) is 0 Å². The normalized spacial score (nSPS) is 20.0. The van der Waals surface area contributed by atoms with E-state index in [-0.39, 0.29) is 6.04 Å². The Bertz CT molecular complexity index is 375. The van der Waals surface area contributed by atoms with Gasteiger partial charge in [-0.05, 0) is 44.2 Å². The van der Waals surface area contributed by atoms with Crippen LogP contribution >= 0.6 is 0 Å². The molecule has 1 saturated heterocycles. The summed E-state index contributed by atoms with van der Waals surface area (Å²) in [5.41, 5.74) is 6.95. The Morgan fingerprint density at radius 2 is 2.40 bits per heavy atom. The summed E-state index contributed by atoms with van der Waals surface area (Å²) >= 11 is 0. The first-order chi connectivity index (χ1) is 9.78. The summed E-state index contributed by atoms with van der Waals surface area (Å²) in [6.07, 6.45) is 8.59. The molecule has 2 atom stereocenters. The predicted octanol–water partition coefficient (Wildman–Crippen LogP) is 2.70. The summed E-state index contributed by atoms with van der Waals surface area (Å²) in [6.45, 7) is 3.75. The van der Waals surface area contributed by atoms with Crippen LogP contribution in [0.1, 0.15) is 44.7 Å². The van der Waals surface area contributed by atoms with Crippen molar-refractivity contribution in [2.75, 3.05) is 13.2 Å². The van der Waals surface area contributed by atoms with Crippen LogP contribution in [0.15, 0.2) is 18.3 Å². The molecule has 20 heavy (non-hydrogen) atoms. The number of pyridine rings is 1. The summed E-state index contributed by atoms with van der Waals surface area (Å²) in [7, 11) is 0. The van der Waals surface area contributed by atoms with E-state index in [2.05, 4.69) is 11.9 Å². The lowest BCUT2D eigenvalue weighted by atomic mass is 10.1. The molecule has 0 radical (unpaired) electrons. The van der Waals surface area contributed by atoms with Gasteiger partial charge in [-0.2, -0.15) is 0 Å². The number of nitrogens with two attached hydrogens (primary N) is 1. The van der Waals surface area contributed by atoms with Crippen molar-refractivity contribution in [3.8, 4) is 5.75 Å². The molecule has 112 valence electrons. The molecule has 2 heterocycles. The van der Waals surface area contributed by atoms with Gasteiger partial charge in [0.25, 0.3) is 0 Å². The van der Waals surface area contributed by atoms with Crippen LogP contribution in [0.3, 0.4) is 0 Å². The zero-order valence-electron chi connectivity index (χ0n) is 12.4. The average molecular weight is 278 g/mol. The molecular formula is C16H26N2O2. The maximum atomic E-state index is 5.92. The quantitative estimate of drug-likeness (QED) is 0.743. The van der Waals surface area contributed by atoms with E-state index >= 15 is 0 Å². The Morgan fingerprint density at radius 1 is 1.50 bits per heavy atom. The topological polar surface area (TPSA) is 57.4 Å². The highest BCUT2D eigenvalue weighted by molar-refractivity contribution is 5.20. The van der Waals surface area contributed by atoms with Crippen molar-refractivity contribution < 1.29 is 9.47 Å². The number of ether oxygens (including phenoxy) is 2. The van der Waals surface area contributed by atoms with E-state index < -0.39 is 0 Å². The maximum Gasteiger partial charge on any atom is 0.137 e. The Hall–Kier alpha value is -1.13. The van der Waals surface area contributed by atoms with E-state index in [1.165, 1.54) is 12.8 Å². The molecule has 2 N–H and O–H groups in total. The molecule has 0 spiro atoms. The van der Waals surface area contributed by atoms with Crippen LogP contribution in [0.2, 0.25) is 0 Å². The number of aromatic nitrogens is 1. The SMILES string of the molecule is CCC(N)Cc1ccc(OCCCC2CCCO2)cn1. The van der Waals surface area contributed by atoms with E-state index in [1.807, 2.05) is 12.1 Å². The third kappa shape index (κ3) is 5.10. The Balaban J connectivity index is 1.65. The molecule has 1 aromatic rings. The van der Waals surface area contributed by atoms with Crippen LogP contribution in [-0.4, -0.2) is 30.3 Å². The van der Waals surface area contributed by atoms with Gasteiger partial charge in [0, 0.05) is 24.8 Å². The van der Waals surface area contributed by atoms with Crippen LogP contribution < -0.4 is 10.5 Å². The van der Waals surface area contributed by atoms with E-state index in [9.17, 15) is 0 Å². The third-order valence-corrected chi connectivity index (χ3v) is 3.76. The number of hydrogen-bond donors (Lipinski definition) is 1. The van der Waals surface area contributed by atoms with Crippen molar-refractivity contribution in [3.05, 3.63) is 24.0 Å². The summed E-state index contributed by atoms with van der Waals surface area (Å²) in [6, 6.07) is 4.18. The van der Waals surface area contributed by atoms with Gasteiger partial charge in [0.1, 0.15) is 5.75 Å². The summed E-state index contributed by atoms with van der Waals surface area (Å²) in [5, 5.41) is 0. The molecule has 1 aliphatic heterocycles. The van der Waals surface area contributed by atoms with Crippen molar-refractivity contribution in [3.63, 3.8) is 0 Å². The smallest absolute Gasteiger partial charge is 0.137 e. The molecule has 1 aliphatic rings. The maximum absolute atomic E-state index is 5.92. The highest BCUT2D eigenvalue weighted by Gasteiger charge is 2.14. The van der Waals surface area contributed by atoms with Crippen LogP contribution in [-0.2, 0) is 11.2 Å². The predicted molar refractivity (Wildman–Crippen MR) is 79.9 cm³/mol. The molecule has 1 fully saturated rings. The molecule has 2 unspecified atom stereocenters. The molecule has 0 aromatic carbocycles. The van der Waals surface area contributed by atoms with Crippen LogP contribution in [0.5, 0.6) is 5.75 Å². The van der Waals surface area contributed by atoms with Gasteiger partial charge >= 0.3 is 0 Å². The second-order valence-electron chi connectivity index (χ2n) is 5.48. The lowest BCUT2D eigenvalue weighted by Crippen LogP contribution is -2.21. The Labute approximate surface area is 121 Å². The highest BCUT2D eigenvalue weighted by atomic mass is 16.5. The Morgan fingerprint density at radius 3 is 3.05 bits per heavy atom. The first-order valence-corrected chi connectivity index (χ1v) is 7.73. The van der Waals surface area contributed by atoms with Crippen LogP contribution in [0, 0.1) is 0 Å². The molecule has 0 amide bonds. The number of rotatable bonds is 8. The standard InChI is InChI=1S/C16H26N2O2/c1-2-13(17)11-14-7-8-16(12-18-14)20-10-4-6-15-5-3-9-19-15/h7-8,12-13,15H,2-6,9-11,17H2,1H3. The molecule has 1 aromatic heterocycles. The van der Waals surface area contributed by atoms with Crippen molar-refractivity contribution >= 4 is 0 Å². The molecule has 4 heteroatoms. The minimum absolute atomic E-state index is 0.195. The van der Waals surface area contributed by atoms with Gasteiger partial charge in [-0.3, -0.25) is 4.98 Å². The highest BCUT2D eigenvalue weighted by Crippen LogP contribution is 2.17. The number of hydrogen-bond acceptors (Lipinski definition) is 4. The molecule has 0 bridgehead atoms. The van der Waals surface area contributed by atoms with Gasteiger partial charge in [0.15, 0.2) is 0 Å². The minimum Gasteiger partial charge on any atom is -0.492 e. The second-order valence-corrected chi connectivity index (χ2v) is 5.48. The van der Waals surface area contributed by atoms with Crippen molar-refractivity contribution in [1.29, 1.82) is 0 Å². The van der Waals surface area contributed by atoms with Gasteiger partial charge in [0.05, 0.1) is 18.9 Å². The van der Waals surface area contributed by atoms with E-state index in [1.54, 1.807) is 6.20 Å². The largest absolute Gasteiger partial charge is 0.492 e. The molecule has 2 rings (SSSR count). The summed E-state index contributed by atoms with van der Waals surface area (Å²) in [4.78, 5) is 4.39. The summed E-state index contributed by atoms with van der Waals surface area (Å²) in [5.74, 6) is 0.839. The average Bonchev–Trinajstić information content (AvgIpc) is 2.98. The van der Waals surface area contributed by atoms with Gasteiger partial charge < -0.3 is 15.2 Å². The lowest BCUT2D eigenvalue weighted by molar-refractivity contribution is 0.0981.